The summed E-state index contributed by atoms with van der Waals surface area (Å²) in [7, 11) is 5.97. The summed E-state index contributed by atoms with van der Waals surface area (Å²) in [5, 5.41) is 9.24. The zero-order valence-corrected chi connectivity index (χ0v) is 16.9. The number of ether oxygens (including phenoxy) is 1. The largest absolute Gasteiger partial charge is 0.497 e. The maximum atomic E-state index is 11.3. The summed E-state index contributed by atoms with van der Waals surface area (Å²) in [5.74, 6) is 1.03. The minimum Gasteiger partial charge on any atom is -0.497 e. The SMILES string of the molecule is COc1cccc(C2C/C(=C\c3cccc(C(=O)O)c3)CCC2CN(C)C)c1. The standard InChI is InChI=1S/C24H29NO3/c1-25(2)16-21-11-10-18(12-17-6-4-8-20(13-17)24(26)27)14-23(21)19-7-5-9-22(15-19)28-3/h4-9,12-13,15,21,23H,10-11,14,16H2,1-3H3,(H,26,27)/b18-12-. The molecule has 2 atom stereocenters. The van der Waals surface area contributed by atoms with Crippen LogP contribution in [0.15, 0.2) is 54.1 Å². The second-order valence-corrected chi connectivity index (χ2v) is 7.88. The summed E-state index contributed by atoms with van der Waals surface area (Å²) < 4.78 is 5.44. The van der Waals surface area contributed by atoms with Crippen LogP contribution in [0.4, 0.5) is 0 Å². The summed E-state index contributed by atoms with van der Waals surface area (Å²) in [4.78, 5) is 13.5. The van der Waals surface area contributed by atoms with Crippen LogP contribution < -0.4 is 4.74 Å². The second kappa shape index (κ2) is 9.07. The van der Waals surface area contributed by atoms with Crippen molar-refractivity contribution in [1.82, 2.24) is 4.90 Å². The van der Waals surface area contributed by atoms with E-state index < -0.39 is 5.97 Å². The Bertz CT molecular complexity index is 856. The molecule has 0 aromatic heterocycles. The summed E-state index contributed by atoms with van der Waals surface area (Å²) in [5.41, 5.74) is 3.99. The van der Waals surface area contributed by atoms with Gasteiger partial charge in [0.25, 0.3) is 0 Å². The molecule has 0 amide bonds. The molecule has 0 aliphatic heterocycles. The highest BCUT2D eigenvalue weighted by Crippen LogP contribution is 2.42. The second-order valence-electron chi connectivity index (χ2n) is 7.88. The van der Waals surface area contributed by atoms with E-state index in [1.165, 1.54) is 11.1 Å². The molecule has 0 spiro atoms. The number of carbonyl (C=O) groups is 1. The van der Waals surface area contributed by atoms with Gasteiger partial charge in [-0.2, -0.15) is 0 Å². The summed E-state index contributed by atoms with van der Waals surface area (Å²) in [6.45, 7) is 1.06. The lowest BCUT2D eigenvalue weighted by atomic mass is 9.73. The van der Waals surface area contributed by atoms with Crippen molar-refractivity contribution >= 4 is 12.0 Å². The van der Waals surface area contributed by atoms with Crippen LogP contribution in [0.1, 0.15) is 46.7 Å². The van der Waals surface area contributed by atoms with Crippen LogP contribution in [0.25, 0.3) is 6.08 Å². The maximum Gasteiger partial charge on any atom is 0.335 e. The Morgan fingerprint density at radius 2 is 2.00 bits per heavy atom. The van der Waals surface area contributed by atoms with Crippen molar-refractivity contribution in [3.63, 3.8) is 0 Å². The number of aromatic carboxylic acids is 1. The Labute approximate surface area is 167 Å². The molecule has 1 fully saturated rings. The molecule has 4 nitrogen and oxygen atoms in total. The highest BCUT2D eigenvalue weighted by Gasteiger charge is 2.29. The molecule has 28 heavy (non-hydrogen) atoms. The van der Waals surface area contributed by atoms with Crippen LogP contribution in [0, 0.1) is 5.92 Å². The fourth-order valence-electron chi connectivity index (χ4n) is 4.20. The molecule has 2 aromatic rings. The van der Waals surface area contributed by atoms with Gasteiger partial charge in [0, 0.05) is 6.54 Å². The molecule has 1 aliphatic carbocycles. The number of hydrogen-bond acceptors (Lipinski definition) is 3. The minimum absolute atomic E-state index is 0.333. The van der Waals surface area contributed by atoms with Crippen molar-refractivity contribution in [2.24, 2.45) is 5.92 Å². The normalized spacial score (nSPS) is 21.1. The Morgan fingerprint density at radius 3 is 2.71 bits per heavy atom. The van der Waals surface area contributed by atoms with Crippen molar-refractivity contribution in [1.29, 1.82) is 0 Å². The van der Waals surface area contributed by atoms with Gasteiger partial charge in [0.05, 0.1) is 12.7 Å². The number of nitrogens with zero attached hydrogens (tertiary/aromatic N) is 1. The van der Waals surface area contributed by atoms with Gasteiger partial charge in [-0.1, -0.05) is 35.9 Å². The van der Waals surface area contributed by atoms with E-state index in [0.717, 1.165) is 37.1 Å². The molecule has 148 valence electrons. The van der Waals surface area contributed by atoms with E-state index in [1.807, 2.05) is 18.2 Å². The van der Waals surface area contributed by atoms with E-state index >= 15 is 0 Å². The van der Waals surface area contributed by atoms with Crippen molar-refractivity contribution in [3.8, 4) is 5.75 Å². The van der Waals surface area contributed by atoms with Crippen LogP contribution in [0.3, 0.4) is 0 Å². The number of rotatable bonds is 6. The zero-order valence-electron chi connectivity index (χ0n) is 16.9. The molecule has 1 N–H and O–H groups in total. The smallest absolute Gasteiger partial charge is 0.335 e. The lowest BCUT2D eigenvalue weighted by Crippen LogP contribution is -2.29. The third-order valence-electron chi connectivity index (χ3n) is 5.51. The summed E-state index contributed by atoms with van der Waals surface area (Å²) in [6.07, 6.45) is 5.34. The number of benzene rings is 2. The molecule has 0 bridgehead atoms. The van der Waals surface area contributed by atoms with Gasteiger partial charge in [-0.25, -0.2) is 4.79 Å². The highest BCUT2D eigenvalue weighted by atomic mass is 16.5. The molecule has 4 heteroatoms. The third-order valence-corrected chi connectivity index (χ3v) is 5.51. The molecule has 3 rings (SSSR count). The summed E-state index contributed by atoms with van der Waals surface area (Å²) in [6, 6.07) is 15.6. The molecule has 0 heterocycles. The van der Waals surface area contributed by atoms with E-state index in [1.54, 1.807) is 19.2 Å². The third kappa shape index (κ3) is 5.02. The highest BCUT2D eigenvalue weighted by molar-refractivity contribution is 5.88. The van der Waals surface area contributed by atoms with Gasteiger partial charge in [0.1, 0.15) is 5.75 Å². The van der Waals surface area contributed by atoms with Gasteiger partial charge in [-0.05, 0) is 80.6 Å². The lowest BCUT2D eigenvalue weighted by Gasteiger charge is -2.35. The van der Waals surface area contributed by atoms with Gasteiger partial charge < -0.3 is 14.7 Å². The number of carboxylic acids is 1. The fourth-order valence-corrected chi connectivity index (χ4v) is 4.20. The van der Waals surface area contributed by atoms with Crippen LogP contribution in [-0.2, 0) is 0 Å². The summed E-state index contributed by atoms with van der Waals surface area (Å²) >= 11 is 0. The van der Waals surface area contributed by atoms with Crippen molar-refractivity contribution in [2.45, 2.75) is 25.2 Å². The molecular formula is C24H29NO3. The van der Waals surface area contributed by atoms with Crippen LogP contribution >= 0.6 is 0 Å². The van der Waals surface area contributed by atoms with Gasteiger partial charge in [-0.15, -0.1) is 0 Å². The van der Waals surface area contributed by atoms with E-state index in [4.69, 9.17) is 4.74 Å². The molecule has 0 saturated heterocycles. The molecule has 1 aliphatic rings. The quantitative estimate of drug-likeness (QED) is 0.774. The number of methoxy groups -OCH3 is 1. The van der Waals surface area contributed by atoms with Gasteiger partial charge in [0.15, 0.2) is 0 Å². The molecular weight excluding hydrogens is 350 g/mol. The first-order valence-corrected chi connectivity index (χ1v) is 9.77. The zero-order chi connectivity index (χ0) is 20.1. The minimum atomic E-state index is -0.885. The Kier molecular flexibility index (Phi) is 6.53. The predicted molar refractivity (Wildman–Crippen MR) is 113 cm³/mol. The van der Waals surface area contributed by atoms with E-state index in [0.29, 0.717) is 17.4 Å². The van der Waals surface area contributed by atoms with Crippen molar-refractivity contribution in [3.05, 3.63) is 70.8 Å². The maximum absolute atomic E-state index is 11.3. The number of hydrogen-bond donors (Lipinski definition) is 1. The first kappa shape index (κ1) is 20.2. The van der Waals surface area contributed by atoms with Gasteiger partial charge in [-0.3, -0.25) is 0 Å². The van der Waals surface area contributed by atoms with Crippen LogP contribution in [0.2, 0.25) is 0 Å². The average molecular weight is 380 g/mol. The first-order valence-electron chi connectivity index (χ1n) is 9.77. The fraction of sp³-hybridized carbons (Fsp3) is 0.375. The van der Waals surface area contributed by atoms with E-state index in [2.05, 4.69) is 43.3 Å². The van der Waals surface area contributed by atoms with Crippen molar-refractivity contribution < 1.29 is 14.6 Å². The van der Waals surface area contributed by atoms with Crippen LogP contribution in [-0.4, -0.2) is 43.7 Å². The average Bonchev–Trinajstić information content (AvgIpc) is 2.69. The monoisotopic (exact) mass is 379 g/mol. The molecule has 0 radical (unpaired) electrons. The van der Waals surface area contributed by atoms with Gasteiger partial charge in [0.2, 0.25) is 0 Å². The van der Waals surface area contributed by atoms with Gasteiger partial charge >= 0.3 is 5.97 Å². The number of allylic oxidation sites excluding steroid dienone is 1. The van der Waals surface area contributed by atoms with Crippen molar-refractivity contribution in [2.75, 3.05) is 27.7 Å². The Morgan fingerprint density at radius 1 is 1.21 bits per heavy atom. The Hall–Kier alpha value is -2.59. The predicted octanol–water partition coefficient (Wildman–Crippen LogP) is 4.92. The first-order chi connectivity index (χ1) is 13.5. The molecule has 1 saturated carbocycles. The Balaban J connectivity index is 1.88. The van der Waals surface area contributed by atoms with Crippen LogP contribution in [0.5, 0.6) is 5.75 Å². The molecule has 2 unspecified atom stereocenters. The number of carboxylic acid groups (broad SMARTS) is 1. The van der Waals surface area contributed by atoms with E-state index in [-0.39, 0.29) is 0 Å². The molecule has 2 aromatic carbocycles. The lowest BCUT2D eigenvalue weighted by molar-refractivity contribution is 0.0697. The topological polar surface area (TPSA) is 49.8 Å². The van der Waals surface area contributed by atoms with E-state index in [9.17, 15) is 9.90 Å².